The van der Waals surface area contributed by atoms with E-state index in [1.54, 1.807) is 4.90 Å². The molecule has 0 bridgehead atoms. The van der Waals surface area contributed by atoms with Gasteiger partial charge in [-0.15, -0.1) is 0 Å². The number of anilines is 1. The molecule has 3 atom stereocenters. The Kier molecular flexibility index (Phi) is 10.8. The van der Waals surface area contributed by atoms with Gasteiger partial charge < -0.3 is 24.8 Å². The summed E-state index contributed by atoms with van der Waals surface area (Å²) in [5.41, 5.74) is -0.496. The van der Waals surface area contributed by atoms with Crippen molar-refractivity contribution < 1.29 is 49.7 Å². The van der Waals surface area contributed by atoms with Crippen molar-refractivity contribution >= 4 is 21.6 Å². The first-order valence-corrected chi connectivity index (χ1v) is 16.0. The standard InChI is InChI=1S/C30H33F5N4O6S/c1-3-29(31,32)44-18-21-13-23(45-22-8-6-20(7-9-22)30(33,34)35)16-39(21)27-12-5-19(14-37-27)28(41)38-26(17-40)25-11-10-24(15-36-25)46(42,43)4-2/h5-12,14-15,21,23,26,40H,3-4,13,16-18H2,1-2H3,(H,38,41)/t21-,23-,26?/m0/s1. The largest absolute Gasteiger partial charge is 0.489 e. The van der Waals surface area contributed by atoms with Gasteiger partial charge in [0.25, 0.3) is 5.91 Å². The molecule has 0 radical (unpaired) electrons. The second kappa shape index (κ2) is 14.3. The zero-order chi connectivity index (χ0) is 33.7. The molecule has 1 aliphatic rings. The third-order valence-electron chi connectivity index (χ3n) is 7.41. The lowest BCUT2D eigenvalue weighted by Crippen LogP contribution is -2.37. The van der Waals surface area contributed by atoms with Crippen molar-refractivity contribution in [1.29, 1.82) is 0 Å². The van der Waals surface area contributed by atoms with Gasteiger partial charge >= 0.3 is 12.3 Å². The van der Waals surface area contributed by atoms with Crippen molar-refractivity contribution in [3.05, 3.63) is 77.7 Å². The van der Waals surface area contributed by atoms with Crippen LogP contribution in [0.4, 0.5) is 27.8 Å². The molecule has 16 heteroatoms. The second-order valence-electron chi connectivity index (χ2n) is 10.5. The molecule has 46 heavy (non-hydrogen) atoms. The SMILES string of the molecule is CCC(F)(F)OC[C@@H]1C[C@H](Oc2ccc(C(F)(F)F)cc2)CN1c1ccc(C(=O)NC(CO)c2ccc(S(=O)(=O)CC)cn2)cn1. The van der Waals surface area contributed by atoms with Crippen LogP contribution in [0, 0.1) is 0 Å². The van der Waals surface area contributed by atoms with Crippen LogP contribution in [0.15, 0.2) is 65.8 Å². The van der Waals surface area contributed by atoms with E-state index in [1.165, 1.54) is 56.4 Å². The number of nitrogens with zero attached hydrogens (tertiary/aromatic N) is 3. The molecule has 2 aromatic heterocycles. The summed E-state index contributed by atoms with van der Waals surface area (Å²) in [6, 6.07) is 8.24. The smallest absolute Gasteiger partial charge is 0.416 e. The number of aromatic nitrogens is 2. The Morgan fingerprint density at radius 3 is 2.30 bits per heavy atom. The number of halogens is 5. The molecular formula is C30H33F5N4O6S. The van der Waals surface area contributed by atoms with E-state index in [2.05, 4.69) is 15.3 Å². The zero-order valence-electron chi connectivity index (χ0n) is 24.9. The molecule has 1 amide bonds. The number of carbonyl (C=O) groups excluding carboxylic acids is 1. The number of aliphatic hydroxyl groups excluding tert-OH is 1. The minimum Gasteiger partial charge on any atom is -0.489 e. The van der Waals surface area contributed by atoms with Crippen molar-refractivity contribution in [3.8, 4) is 5.75 Å². The highest BCUT2D eigenvalue weighted by molar-refractivity contribution is 7.91. The molecule has 0 spiro atoms. The fourth-order valence-electron chi connectivity index (χ4n) is 4.73. The summed E-state index contributed by atoms with van der Waals surface area (Å²) in [7, 11) is -3.48. The highest BCUT2D eigenvalue weighted by atomic mass is 32.2. The predicted octanol–water partition coefficient (Wildman–Crippen LogP) is 4.80. The molecule has 4 rings (SSSR count). The summed E-state index contributed by atoms with van der Waals surface area (Å²) in [4.78, 5) is 23.0. The van der Waals surface area contributed by atoms with Gasteiger partial charge in [-0.25, -0.2) is 13.4 Å². The maximum Gasteiger partial charge on any atom is 0.416 e. The Labute approximate surface area is 262 Å². The van der Waals surface area contributed by atoms with E-state index in [0.717, 1.165) is 18.3 Å². The third-order valence-corrected chi connectivity index (χ3v) is 9.13. The maximum atomic E-state index is 13.9. The average Bonchev–Trinajstić information content (AvgIpc) is 3.45. The molecular weight excluding hydrogens is 639 g/mol. The van der Waals surface area contributed by atoms with Gasteiger partial charge in [-0.2, -0.15) is 22.0 Å². The number of pyridine rings is 2. The number of carbonyl (C=O) groups is 1. The van der Waals surface area contributed by atoms with Crippen molar-refractivity contribution in [2.24, 2.45) is 0 Å². The van der Waals surface area contributed by atoms with E-state index in [0.29, 0.717) is 5.82 Å². The number of rotatable bonds is 13. The molecule has 250 valence electrons. The van der Waals surface area contributed by atoms with Gasteiger partial charge in [0.2, 0.25) is 0 Å². The highest BCUT2D eigenvalue weighted by Crippen LogP contribution is 2.33. The first-order chi connectivity index (χ1) is 21.7. The van der Waals surface area contributed by atoms with Crippen LogP contribution in [-0.2, 0) is 20.8 Å². The molecule has 1 aliphatic heterocycles. The predicted molar refractivity (Wildman–Crippen MR) is 156 cm³/mol. The van der Waals surface area contributed by atoms with E-state index in [1.807, 2.05) is 0 Å². The van der Waals surface area contributed by atoms with E-state index in [-0.39, 0.29) is 47.2 Å². The number of amides is 1. The first kappa shape index (κ1) is 35.0. The minimum atomic E-state index is -4.51. The molecule has 10 nitrogen and oxygen atoms in total. The number of sulfone groups is 1. The summed E-state index contributed by atoms with van der Waals surface area (Å²) in [6.45, 7) is 2.01. The number of hydrogen-bond acceptors (Lipinski definition) is 9. The third kappa shape index (κ3) is 8.67. The van der Waals surface area contributed by atoms with Gasteiger partial charge in [0.1, 0.15) is 17.7 Å². The summed E-state index contributed by atoms with van der Waals surface area (Å²) >= 11 is 0. The summed E-state index contributed by atoms with van der Waals surface area (Å²) in [6.07, 6.45) is -6.40. The molecule has 1 saturated heterocycles. The van der Waals surface area contributed by atoms with Crippen LogP contribution in [0.25, 0.3) is 0 Å². The van der Waals surface area contributed by atoms with Crippen LogP contribution in [0.2, 0.25) is 0 Å². The van der Waals surface area contributed by atoms with Crippen LogP contribution in [0.1, 0.15) is 54.3 Å². The Balaban J connectivity index is 1.46. The summed E-state index contributed by atoms with van der Waals surface area (Å²) in [5.74, 6) is -0.234. The Bertz CT molecular complexity index is 1570. The summed E-state index contributed by atoms with van der Waals surface area (Å²) in [5, 5.41) is 12.5. The molecule has 3 aromatic rings. The number of nitrogens with one attached hydrogen (secondary N) is 1. The van der Waals surface area contributed by atoms with Crippen molar-refractivity contribution in [2.45, 2.75) is 62.1 Å². The molecule has 3 heterocycles. The Hall–Kier alpha value is -3.89. The zero-order valence-corrected chi connectivity index (χ0v) is 25.7. The summed E-state index contributed by atoms with van der Waals surface area (Å²) < 4.78 is 101. The van der Waals surface area contributed by atoms with Crippen LogP contribution < -0.4 is 15.0 Å². The van der Waals surface area contributed by atoms with Crippen molar-refractivity contribution in [2.75, 3.05) is 30.4 Å². The molecule has 1 unspecified atom stereocenters. The Morgan fingerprint density at radius 1 is 1.04 bits per heavy atom. The first-order valence-electron chi connectivity index (χ1n) is 14.3. The van der Waals surface area contributed by atoms with Gasteiger partial charge in [0, 0.05) is 25.2 Å². The van der Waals surface area contributed by atoms with Crippen molar-refractivity contribution in [3.63, 3.8) is 0 Å². The number of ether oxygens (including phenoxy) is 2. The fourth-order valence-corrected chi connectivity index (χ4v) is 5.55. The van der Waals surface area contributed by atoms with Gasteiger partial charge in [-0.05, 0) is 48.5 Å². The lowest BCUT2D eigenvalue weighted by molar-refractivity contribution is -0.241. The molecule has 0 saturated carbocycles. The van der Waals surface area contributed by atoms with Gasteiger partial charge in [0.05, 0.1) is 59.3 Å². The fraction of sp³-hybridized carbons (Fsp3) is 0.433. The van der Waals surface area contributed by atoms with E-state index in [9.17, 15) is 40.3 Å². The monoisotopic (exact) mass is 672 g/mol. The van der Waals surface area contributed by atoms with Gasteiger partial charge in [-0.3, -0.25) is 9.78 Å². The minimum absolute atomic E-state index is 0.0117. The van der Waals surface area contributed by atoms with Crippen LogP contribution >= 0.6 is 0 Å². The molecule has 1 aromatic carbocycles. The number of hydrogen-bond donors (Lipinski definition) is 2. The number of aliphatic hydroxyl groups is 1. The van der Waals surface area contributed by atoms with Crippen LogP contribution in [-0.4, -0.2) is 73.2 Å². The lowest BCUT2D eigenvalue weighted by atomic mass is 10.1. The van der Waals surface area contributed by atoms with E-state index < -0.39 is 64.8 Å². The quantitative estimate of drug-likeness (QED) is 0.246. The highest BCUT2D eigenvalue weighted by Gasteiger charge is 2.38. The van der Waals surface area contributed by atoms with Crippen LogP contribution in [0.5, 0.6) is 5.75 Å². The van der Waals surface area contributed by atoms with Crippen LogP contribution in [0.3, 0.4) is 0 Å². The van der Waals surface area contributed by atoms with E-state index in [4.69, 9.17) is 9.47 Å². The average molecular weight is 673 g/mol. The number of alkyl halides is 5. The topological polar surface area (TPSA) is 131 Å². The van der Waals surface area contributed by atoms with Gasteiger partial charge in [-0.1, -0.05) is 13.8 Å². The van der Waals surface area contributed by atoms with Crippen molar-refractivity contribution in [1.82, 2.24) is 15.3 Å². The van der Waals surface area contributed by atoms with Gasteiger partial charge in [0.15, 0.2) is 9.84 Å². The Morgan fingerprint density at radius 2 is 1.76 bits per heavy atom. The number of benzene rings is 1. The molecule has 2 N–H and O–H groups in total. The van der Waals surface area contributed by atoms with E-state index >= 15 is 0 Å². The normalized spacial score (nSPS) is 18.0. The molecule has 1 fully saturated rings. The second-order valence-corrected chi connectivity index (χ2v) is 12.8. The molecule has 0 aliphatic carbocycles. The lowest BCUT2D eigenvalue weighted by Gasteiger charge is -2.27. The maximum absolute atomic E-state index is 13.9.